The van der Waals surface area contributed by atoms with Crippen molar-refractivity contribution in [3.05, 3.63) is 40.9 Å². The molecule has 1 aromatic carbocycles. The predicted octanol–water partition coefficient (Wildman–Crippen LogP) is 5.12. The molecule has 1 N–H and O–H groups in total. The molecule has 0 aliphatic carbocycles. The van der Waals surface area contributed by atoms with E-state index in [9.17, 15) is 4.79 Å². The van der Waals surface area contributed by atoms with Gasteiger partial charge in [0.25, 0.3) is 0 Å². The van der Waals surface area contributed by atoms with Crippen LogP contribution in [-0.4, -0.2) is 36.6 Å². The van der Waals surface area contributed by atoms with Gasteiger partial charge >= 0.3 is 13.2 Å². The van der Waals surface area contributed by atoms with Crippen LogP contribution in [0, 0.1) is 0 Å². The molecule has 1 aliphatic rings. The van der Waals surface area contributed by atoms with E-state index >= 15 is 0 Å². The summed E-state index contributed by atoms with van der Waals surface area (Å²) in [6, 6.07) is 8.19. The molecule has 1 heterocycles. The largest absolute Gasteiger partial charge is 0.492 e. The zero-order valence-electron chi connectivity index (χ0n) is 17.9. The van der Waals surface area contributed by atoms with Gasteiger partial charge in [-0.2, -0.15) is 0 Å². The number of hydrogen-bond donors (Lipinski definition) is 1. The van der Waals surface area contributed by atoms with Gasteiger partial charge in [0.05, 0.1) is 11.2 Å². The van der Waals surface area contributed by atoms with Crippen molar-refractivity contribution < 1.29 is 18.8 Å². The molecule has 0 bridgehead atoms. The molecule has 0 aromatic heterocycles. The molecule has 2 rings (SSSR count). The molecular weight excluding hydrogens is 421 g/mol. The van der Waals surface area contributed by atoms with Gasteiger partial charge in [0, 0.05) is 11.9 Å². The van der Waals surface area contributed by atoms with E-state index in [-0.39, 0.29) is 6.54 Å². The second-order valence-corrected chi connectivity index (χ2v) is 9.60. The summed E-state index contributed by atoms with van der Waals surface area (Å²) < 4.78 is 17.7. The highest BCUT2D eigenvalue weighted by atomic mass is 79.9. The van der Waals surface area contributed by atoms with Crippen LogP contribution >= 0.6 is 15.9 Å². The first-order valence-electron chi connectivity index (χ1n) is 9.51. The maximum atomic E-state index is 12.1. The lowest BCUT2D eigenvalue weighted by Crippen LogP contribution is -2.41. The summed E-state index contributed by atoms with van der Waals surface area (Å²) in [5.41, 5.74) is 1.58. The minimum atomic E-state index is -0.552. The van der Waals surface area contributed by atoms with Crippen molar-refractivity contribution in [2.45, 2.75) is 70.6 Å². The van der Waals surface area contributed by atoms with E-state index in [0.29, 0.717) is 0 Å². The molecule has 0 atom stereocenters. The molecule has 0 radical (unpaired) electrons. The lowest BCUT2D eigenvalue weighted by atomic mass is 9.77. The minimum Gasteiger partial charge on any atom is -0.444 e. The van der Waals surface area contributed by atoms with Crippen molar-refractivity contribution in [2.24, 2.45) is 0 Å². The first-order valence-corrected chi connectivity index (χ1v) is 10.6. The van der Waals surface area contributed by atoms with Crippen LogP contribution in [-0.2, 0) is 19.4 Å². The van der Waals surface area contributed by atoms with Crippen LogP contribution < -0.4 is 5.32 Å². The number of alkyl carbamates (subject to hydrolysis) is 1. The molecule has 0 saturated carbocycles. The van der Waals surface area contributed by atoms with Gasteiger partial charge in [0.15, 0.2) is 0 Å². The van der Waals surface area contributed by atoms with Crippen molar-refractivity contribution in [1.29, 1.82) is 0 Å². The quantitative estimate of drug-likeness (QED) is 0.498. The van der Waals surface area contributed by atoms with Crippen LogP contribution in [0.4, 0.5) is 4.79 Å². The molecule has 154 valence electrons. The number of carbonyl (C=O) groups is 1. The number of amides is 1. The molecule has 0 unspecified atom stereocenters. The second-order valence-electron chi connectivity index (χ2n) is 9.04. The summed E-state index contributed by atoms with van der Waals surface area (Å²) >= 11 is 3.46. The fourth-order valence-corrected chi connectivity index (χ4v) is 2.98. The molecule has 1 aromatic rings. The van der Waals surface area contributed by atoms with Gasteiger partial charge in [-0.05, 0) is 65.1 Å². The summed E-state index contributed by atoms with van der Waals surface area (Å²) in [6.07, 6.45) is 1.53. The highest BCUT2D eigenvalue weighted by molar-refractivity contribution is 9.08. The average molecular weight is 452 g/mol. The molecule has 1 amide bonds. The van der Waals surface area contributed by atoms with Gasteiger partial charge in [-0.25, -0.2) is 4.79 Å². The number of benzene rings is 1. The fraction of sp³-hybridized carbons (Fsp3) is 0.571. The summed E-state index contributed by atoms with van der Waals surface area (Å²) in [4.78, 5) is 12.1. The lowest BCUT2D eigenvalue weighted by molar-refractivity contribution is 0.00578. The number of alkyl halides is 1. The van der Waals surface area contributed by atoms with Gasteiger partial charge in [0.2, 0.25) is 0 Å². The molecule has 5 nitrogen and oxygen atoms in total. The SMILES string of the molecule is CC(C)(C)OC(=O)NCC(=Cc1ccc(CBr)cc1)B1OC(C)(C)C(C)(C)O1. The van der Waals surface area contributed by atoms with Gasteiger partial charge in [-0.3, -0.25) is 0 Å². The van der Waals surface area contributed by atoms with Crippen molar-refractivity contribution in [1.82, 2.24) is 5.32 Å². The monoisotopic (exact) mass is 451 g/mol. The summed E-state index contributed by atoms with van der Waals surface area (Å²) in [5.74, 6) is 0. The third-order valence-electron chi connectivity index (χ3n) is 4.88. The Bertz CT molecular complexity index is 707. The van der Waals surface area contributed by atoms with E-state index in [1.807, 2.05) is 66.7 Å². The first-order chi connectivity index (χ1) is 12.8. The Morgan fingerprint density at radius 3 is 2.14 bits per heavy atom. The highest BCUT2D eigenvalue weighted by Gasteiger charge is 2.52. The average Bonchev–Trinajstić information content (AvgIpc) is 2.78. The van der Waals surface area contributed by atoms with Gasteiger partial charge in [0.1, 0.15) is 5.60 Å². The minimum absolute atomic E-state index is 0.270. The van der Waals surface area contributed by atoms with Crippen molar-refractivity contribution in [2.75, 3.05) is 6.54 Å². The first kappa shape index (κ1) is 23.0. The van der Waals surface area contributed by atoms with Crippen molar-refractivity contribution >= 4 is 35.2 Å². The third-order valence-corrected chi connectivity index (χ3v) is 5.53. The Kier molecular flexibility index (Phi) is 7.05. The molecular formula is C21H31BBrNO4. The van der Waals surface area contributed by atoms with Crippen molar-refractivity contribution in [3.8, 4) is 0 Å². The fourth-order valence-electron chi connectivity index (χ4n) is 2.60. The molecule has 7 heteroatoms. The van der Waals surface area contributed by atoms with E-state index in [1.165, 1.54) is 5.56 Å². The molecule has 0 spiro atoms. The number of carbonyl (C=O) groups excluding carboxylic acids is 1. The van der Waals surface area contributed by atoms with Crippen LogP contribution in [0.15, 0.2) is 29.7 Å². The number of hydrogen-bond acceptors (Lipinski definition) is 4. The number of rotatable bonds is 5. The zero-order valence-corrected chi connectivity index (χ0v) is 19.5. The zero-order chi connectivity index (χ0) is 21.2. The van der Waals surface area contributed by atoms with E-state index in [0.717, 1.165) is 16.4 Å². The Hall–Kier alpha value is -1.31. The second kappa shape index (κ2) is 8.60. The normalized spacial score (nSPS) is 18.9. The van der Waals surface area contributed by atoms with Crippen LogP contribution in [0.5, 0.6) is 0 Å². The third kappa shape index (κ3) is 6.10. The summed E-state index contributed by atoms with van der Waals surface area (Å²) in [7, 11) is -0.546. The number of ether oxygens (including phenoxy) is 1. The molecule has 1 fully saturated rings. The highest BCUT2D eigenvalue weighted by Crippen LogP contribution is 2.38. The molecule has 1 saturated heterocycles. The molecule has 1 aliphatic heterocycles. The Morgan fingerprint density at radius 2 is 1.68 bits per heavy atom. The Labute approximate surface area is 177 Å². The van der Waals surface area contributed by atoms with E-state index in [1.54, 1.807) is 0 Å². The predicted molar refractivity (Wildman–Crippen MR) is 117 cm³/mol. The Balaban J connectivity index is 2.23. The van der Waals surface area contributed by atoms with Gasteiger partial charge in [-0.15, -0.1) is 0 Å². The Morgan fingerprint density at radius 1 is 1.14 bits per heavy atom. The maximum absolute atomic E-state index is 12.1. The standard InChI is InChI=1S/C21H31BBrNO4/c1-19(2,3)26-18(25)24-14-17(12-15-8-10-16(13-23)11-9-15)22-27-20(4,5)21(6,7)28-22/h8-12H,13-14H2,1-7H3,(H,24,25). The number of halogens is 1. The van der Waals surface area contributed by atoms with E-state index in [2.05, 4.69) is 33.4 Å². The van der Waals surface area contributed by atoms with E-state index in [4.69, 9.17) is 14.0 Å². The van der Waals surface area contributed by atoms with E-state index < -0.39 is 30.0 Å². The van der Waals surface area contributed by atoms with Crippen LogP contribution in [0.2, 0.25) is 0 Å². The lowest BCUT2D eigenvalue weighted by Gasteiger charge is -2.32. The summed E-state index contributed by atoms with van der Waals surface area (Å²) in [6.45, 7) is 13.8. The van der Waals surface area contributed by atoms with Crippen LogP contribution in [0.3, 0.4) is 0 Å². The maximum Gasteiger partial charge on any atom is 0.492 e. The molecule has 28 heavy (non-hydrogen) atoms. The number of nitrogens with one attached hydrogen (secondary N) is 1. The smallest absolute Gasteiger partial charge is 0.444 e. The van der Waals surface area contributed by atoms with Crippen LogP contribution in [0.1, 0.15) is 59.6 Å². The van der Waals surface area contributed by atoms with Gasteiger partial charge < -0.3 is 19.4 Å². The topological polar surface area (TPSA) is 56.8 Å². The van der Waals surface area contributed by atoms with Gasteiger partial charge in [-0.1, -0.05) is 46.3 Å². The van der Waals surface area contributed by atoms with Crippen LogP contribution in [0.25, 0.3) is 6.08 Å². The summed E-state index contributed by atoms with van der Waals surface area (Å²) in [5, 5.41) is 3.62. The van der Waals surface area contributed by atoms with Crippen molar-refractivity contribution in [3.63, 3.8) is 0 Å².